The highest BCUT2D eigenvalue weighted by atomic mass is 19.1. The van der Waals surface area contributed by atoms with Crippen molar-refractivity contribution in [2.45, 2.75) is 45.6 Å². The number of aromatic nitrogens is 1. The van der Waals surface area contributed by atoms with E-state index in [9.17, 15) is 14.0 Å². The minimum absolute atomic E-state index is 0.0836. The van der Waals surface area contributed by atoms with Gasteiger partial charge in [0.2, 0.25) is 5.91 Å². The van der Waals surface area contributed by atoms with Crippen molar-refractivity contribution in [1.29, 1.82) is 0 Å². The number of halogens is 1. The van der Waals surface area contributed by atoms with Gasteiger partial charge < -0.3 is 20.9 Å². The summed E-state index contributed by atoms with van der Waals surface area (Å²) in [5.74, 6) is -0.544. The molecule has 8 heteroatoms. The molecule has 3 rings (SSSR count). The van der Waals surface area contributed by atoms with Crippen LogP contribution < -0.4 is 16.0 Å². The predicted molar refractivity (Wildman–Crippen MR) is 124 cm³/mol. The van der Waals surface area contributed by atoms with Crippen molar-refractivity contribution < 1.29 is 14.0 Å². The topological polar surface area (TPSA) is 86.4 Å². The summed E-state index contributed by atoms with van der Waals surface area (Å²) in [5, 5.41) is 8.65. The summed E-state index contributed by atoms with van der Waals surface area (Å²) in [6.45, 7) is 7.22. The number of benzene rings is 1. The van der Waals surface area contributed by atoms with Crippen LogP contribution in [0.15, 0.2) is 36.5 Å². The van der Waals surface area contributed by atoms with E-state index in [0.29, 0.717) is 18.7 Å². The van der Waals surface area contributed by atoms with Gasteiger partial charge in [0.25, 0.3) is 0 Å². The highest BCUT2D eigenvalue weighted by molar-refractivity contribution is 5.99. The Morgan fingerprint density at radius 1 is 1.25 bits per heavy atom. The standard InChI is InChI=1S/C24H32FN5O2/c1-16(2)22(31)30(4)24(10-5-11-26-15-24)13-18-7-9-20(25)21(12-18)29-23(32)28-19-8-6-17(3)27-14-19/h6-9,12,14,16,26H,5,10-11,13,15H2,1-4H3,(H2,28,29,32)/t24-/m0/s1. The van der Waals surface area contributed by atoms with E-state index in [2.05, 4.69) is 20.9 Å². The number of hydrogen-bond donors (Lipinski definition) is 3. The number of urea groups is 1. The molecular weight excluding hydrogens is 409 g/mol. The molecule has 0 saturated carbocycles. The van der Waals surface area contributed by atoms with Crippen LogP contribution >= 0.6 is 0 Å². The lowest BCUT2D eigenvalue weighted by molar-refractivity contribution is -0.139. The van der Waals surface area contributed by atoms with Crippen LogP contribution in [0.2, 0.25) is 0 Å². The number of pyridine rings is 1. The summed E-state index contributed by atoms with van der Waals surface area (Å²) in [4.78, 5) is 31.1. The zero-order valence-corrected chi connectivity index (χ0v) is 19.2. The fraction of sp³-hybridized carbons (Fsp3) is 0.458. The van der Waals surface area contributed by atoms with Gasteiger partial charge in [-0.3, -0.25) is 9.78 Å². The molecule has 0 unspecified atom stereocenters. The smallest absolute Gasteiger partial charge is 0.323 e. The van der Waals surface area contributed by atoms with Crippen LogP contribution in [-0.2, 0) is 11.2 Å². The molecule has 2 heterocycles. The summed E-state index contributed by atoms with van der Waals surface area (Å²) in [7, 11) is 1.85. The van der Waals surface area contributed by atoms with E-state index in [4.69, 9.17) is 0 Å². The Morgan fingerprint density at radius 2 is 2.03 bits per heavy atom. The number of likely N-dealkylation sites (N-methyl/N-ethyl adjacent to an activating group) is 1. The van der Waals surface area contributed by atoms with E-state index in [1.54, 1.807) is 30.5 Å². The zero-order chi connectivity index (χ0) is 23.3. The lowest BCUT2D eigenvalue weighted by atomic mass is 9.82. The summed E-state index contributed by atoms with van der Waals surface area (Å²) >= 11 is 0. The molecule has 32 heavy (non-hydrogen) atoms. The Hall–Kier alpha value is -3.00. The molecule has 0 spiro atoms. The number of anilines is 2. The van der Waals surface area contributed by atoms with Gasteiger partial charge in [0.15, 0.2) is 0 Å². The average molecular weight is 442 g/mol. The second kappa shape index (κ2) is 10.1. The number of rotatable bonds is 6. The predicted octanol–water partition coefficient (Wildman–Crippen LogP) is 3.95. The van der Waals surface area contributed by atoms with E-state index < -0.39 is 17.4 Å². The molecule has 2 aromatic rings. The molecule has 1 aliphatic heterocycles. The van der Waals surface area contributed by atoms with E-state index in [-0.39, 0.29) is 17.5 Å². The van der Waals surface area contributed by atoms with Gasteiger partial charge in [0.05, 0.1) is 23.1 Å². The molecule has 1 aromatic heterocycles. The van der Waals surface area contributed by atoms with Gasteiger partial charge in [-0.1, -0.05) is 19.9 Å². The first-order valence-electron chi connectivity index (χ1n) is 11.0. The number of amides is 3. The molecule has 1 fully saturated rings. The highest BCUT2D eigenvalue weighted by Gasteiger charge is 2.39. The van der Waals surface area contributed by atoms with Gasteiger partial charge in [0.1, 0.15) is 5.82 Å². The maximum Gasteiger partial charge on any atom is 0.323 e. The molecule has 172 valence electrons. The second-order valence-electron chi connectivity index (χ2n) is 8.81. The molecular formula is C24H32FN5O2. The van der Waals surface area contributed by atoms with Gasteiger partial charge in [-0.2, -0.15) is 0 Å². The van der Waals surface area contributed by atoms with E-state index in [1.165, 1.54) is 6.07 Å². The van der Waals surface area contributed by atoms with Crippen molar-refractivity contribution in [2.75, 3.05) is 30.8 Å². The minimum atomic E-state index is -0.548. The summed E-state index contributed by atoms with van der Waals surface area (Å²) in [6, 6.07) is 7.68. The van der Waals surface area contributed by atoms with Gasteiger partial charge in [-0.15, -0.1) is 0 Å². The van der Waals surface area contributed by atoms with Crippen molar-refractivity contribution in [3.63, 3.8) is 0 Å². The maximum absolute atomic E-state index is 14.5. The average Bonchev–Trinajstić information content (AvgIpc) is 2.77. The Kier molecular flexibility index (Phi) is 7.45. The third-order valence-corrected chi connectivity index (χ3v) is 5.97. The van der Waals surface area contributed by atoms with E-state index >= 15 is 0 Å². The number of carbonyl (C=O) groups is 2. The number of piperidine rings is 1. The van der Waals surface area contributed by atoms with Crippen molar-refractivity contribution in [3.05, 3.63) is 53.6 Å². The maximum atomic E-state index is 14.5. The number of carbonyl (C=O) groups excluding carboxylic acids is 2. The molecule has 7 nitrogen and oxygen atoms in total. The van der Waals surface area contributed by atoms with Crippen molar-refractivity contribution in [3.8, 4) is 0 Å². The monoisotopic (exact) mass is 441 g/mol. The van der Waals surface area contributed by atoms with Crippen LogP contribution in [-0.4, -0.2) is 47.5 Å². The second-order valence-corrected chi connectivity index (χ2v) is 8.81. The molecule has 1 saturated heterocycles. The number of hydrogen-bond acceptors (Lipinski definition) is 4. The fourth-order valence-corrected chi connectivity index (χ4v) is 4.11. The van der Waals surface area contributed by atoms with Gasteiger partial charge in [-0.25, -0.2) is 9.18 Å². The first-order valence-corrected chi connectivity index (χ1v) is 11.0. The van der Waals surface area contributed by atoms with Crippen molar-refractivity contribution in [1.82, 2.24) is 15.2 Å². The van der Waals surface area contributed by atoms with Gasteiger partial charge >= 0.3 is 6.03 Å². The Balaban J connectivity index is 1.77. The first-order chi connectivity index (χ1) is 15.2. The van der Waals surface area contributed by atoms with Crippen LogP contribution in [0.5, 0.6) is 0 Å². The Morgan fingerprint density at radius 3 is 2.66 bits per heavy atom. The zero-order valence-electron chi connectivity index (χ0n) is 19.2. The van der Waals surface area contributed by atoms with Crippen molar-refractivity contribution >= 4 is 23.3 Å². The summed E-state index contributed by atoms with van der Waals surface area (Å²) in [6.07, 6.45) is 3.92. The molecule has 3 amide bonds. The molecule has 0 aliphatic carbocycles. The summed E-state index contributed by atoms with van der Waals surface area (Å²) in [5.41, 5.74) is 1.90. The summed E-state index contributed by atoms with van der Waals surface area (Å²) < 4.78 is 14.5. The highest BCUT2D eigenvalue weighted by Crippen LogP contribution is 2.30. The van der Waals surface area contributed by atoms with Crippen LogP contribution in [0.3, 0.4) is 0 Å². The number of nitrogens with one attached hydrogen (secondary N) is 3. The van der Waals surface area contributed by atoms with Crippen LogP contribution in [0, 0.1) is 18.7 Å². The lowest BCUT2D eigenvalue weighted by Gasteiger charge is -2.46. The van der Waals surface area contributed by atoms with Crippen LogP contribution in [0.4, 0.5) is 20.6 Å². The fourth-order valence-electron chi connectivity index (χ4n) is 4.11. The molecule has 1 aromatic carbocycles. The molecule has 0 radical (unpaired) electrons. The molecule has 1 aliphatic rings. The minimum Gasteiger partial charge on any atom is -0.338 e. The number of nitrogens with zero attached hydrogens (tertiary/aromatic N) is 2. The largest absolute Gasteiger partial charge is 0.338 e. The van der Waals surface area contributed by atoms with Gasteiger partial charge in [-0.05, 0) is 62.6 Å². The first kappa shape index (κ1) is 23.7. The number of aryl methyl sites for hydroxylation is 1. The van der Waals surface area contributed by atoms with Gasteiger partial charge in [0, 0.05) is 25.2 Å². The Bertz CT molecular complexity index is 955. The normalized spacial score (nSPS) is 18.3. The quantitative estimate of drug-likeness (QED) is 0.634. The van der Waals surface area contributed by atoms with Crippen molar-refractivity contribution in [2.24, 2.45) is 5.92 Å². The third-order valence-electron chi connectivity index (χ3n) is 5.97. The SMILES string of the molecule is Cc1ccc(NC(=O)Nc2cc(C[C@@]3(N(C)C(=O)C(C)C)CCCNC3)ccc2F)cn1. The Labute approximate surface area is 188 Å². The molecule has 3 N–H and O–H groups in total. The third kappa shape index (κ3) is 5.62. The van der Waals surface area contributed by atoms with Crippen LogP contribution in [0.25, 0.3) is 0 Å². The van der Waals surface area contributed by atoms with E-state index in [1.807, 2.05) is 32.7 Å². The lowest BCUT2D eigenvalue weighted by Crippen LogP contribution is -2.60. The molecule has 0 bridgehead atoms. The van der Waals surface area contributed by atoms with Crippen LogP contribution in [0.1, 0.15) is 37.9 Å². The van der Waals surface area contributed by atoms with E-state index in [0.717, 1.165) is 30.6 Å². The molecule has 1 atom stereocenters.